The molecule has 2 rings (SSSR count). The third-order valence-corrected chi connectivity index (χ3v) is 4.36. The van der Waals surface area contributed by atoms with Gasteiger partial charge in [0.1, 0.15) is 5.75 Å². The zero-order chi connectivity index (χ0) is 19.5. The van der Waals surface area contributed by atoms with Gasteiger partial charge in [0.2, 0.25) is 0 Å². The fourth-order valence-electron chi connectivity index (χ4n) is 2.70. The van der Waals surface area contributed by atoms with Gasteiger partial charge in [-0.1, -0.05) is 76.1 Å². The van der Waals surface area contributed by atoms with Crippen LogP contribution in [0.15, 0.2) is 59.7 Å². The summed E-state index contributed by atoms with van der Waals surface area (Å²) in [5.41, 5.74) is 5.82. The Morgan fingerprint density at radius 3 is 2.37 bits per heavy atom. The molecule has 0 aromatic heterocycles. The number of nitrogens with zero attached hydrogens (tertiary/aromatic N) is 1. The minimum atomic E-state index is -0.258. The molecule has 27 heavy (non-hydrogen) atoms. The number of hydrogen-bond donors (Lipinski definition) is 1. The van der Waals surface area contributed by atoms with Gasteiger partial charge in [-0.3, -0.25) is 4.79 Å². The van der Waals surface area contributed by atoms with E-state index in [1.165, 1.54) is 5.56 Å². The summed E-state index contributed by atoms with van der Waals surface area (Å²) in [4.78, 5) is 12.1. The third kappa shape index (κ3) is 7.26. The lowest BCUT2D eigenvalue weighted by Crippen LogP contribution is -2.26. The van der Waals surface area contributed by atoms with E-state index < -0.39 is 0 Å². The van der Waals surface area contributed by atoms with Crippen molar-refractivity contribution >= 4 is 11.6 Å². The molecule has 0 aliphatic heterocycles. The maximum atomic E-state index is 12.1. The van der Waals surface area contributed by atoms with Crippen molar-refractivity contribution in [2.24, 2.45) is 5.10 Å². The molecule has 0 heterocycles. The minimum absolute atomic E-state index is 0.0540. The van der Waals surface area contributed by atoms with Gasteiger partial charge in [-0.05, 0) is 42.0 Å². The fourth-order valence-corrected chi connectivity index (χ4v) is 2.70. The zero-order valence-corrected chi connectivity index (χ0v) is 16.6. The summed E-state index contributed by atoms with van der Waals surface area (Å²) in [7, 11) is 0. The van der Waals surface area contributed by atoms with Crippen LogP contribution in [-0.2, 0) is 4.79 Å². The number of amides is 1. The molecule has 4 nitrogen and oxygen atoms in total. The van der Waals surface area contributed by atoms with Gasteiger partial charge in [0.15, 0.2) is 6.61 Å². The van der Waals surface area contributed by atoms with E-state index in [2.05, 4.69) is 31.3 Å². The Labute approximate surface area is 162 Å². The van der Waals surface area contributed by atoms with Crippen LogP contribution in [0.5, 0.6) is 5.75 Å². The van der Waals surface area contributed by atoms with Crippen LogP contribution in [0.2, 0.25) is 0 Å². The van der Waals surface area contributed by atoms with Crippen LogP contribution in [0.1, 0.15) is 63.5 Å². The third-order valence-electron chi connectivity index (χ3n) is 4.36. The van der Waals surface area contributed by atoms with E-state index in [0.717, 1.165) is 37.0 Å². The molecule has 0 aliphatic rings. The Morgan fingerprint density at radius 1 is 1.04 bits per heavy atom. The average molecular weight is 367 g/mol. The Kier molecular flexibility index (Phi) is 8.56. The Balaban J connectivity index is 1.91. The van der Waals surface area contributed by atoms with Gasteiger partial charge in [-0.25, -0.2) is 5.43 Å². The first-order valence-corrected chi connectivity index (χ1v) is 9.73. The first-order valence-electron chi connectivity index (χ1n) is 9.73. The van der Waals surface area contributed by atoms with Gasteiger partial charge < -0.3 is 4.74 Å². The van der Waals surface area contributed by atoms with Crippen molar-refractivity contribution in [2.75, 3.05) is 6.61 Å². The topological polar surface area (TPSA) is 50.7 Å². The summed E-state index contributed by atoms with van der Waals surface area (Å²) in [5.74, 6) is 0.900. The van der Waals surface area contributed by atoms with Gasteiger partial charge in [-0.2, -0.15) is 5.10 Å². The number of nitrogens with one attached hydrogen (secondary N) is 1. The maximum absolute atomic E-state index is 12.1. The van der Waals surface area contributed by atoms with E-state index in [0.29, 0.717) is 11.7 Å². The SMILES string of the molecule is CCCCC/C(=N\NC(=O)COc1ccc(C(C)C)cc1)c1ccccc1. The Morgan fingerprint density at radius 2 is 1.74 bits per heavy atom. The number of hydrogen-bond acceptors (Lipinski definition) is 3. The normalized spacial score (nSPS) is 11.5. The number of carbonyl (C=O) groups is 1. The average Bonchev–Trinajstić information content (AvgIpc) is 2.70. The molecule has 0 saturated heterocycles. The molecule has 1 N–H and O–H groups in total. The van der Waals surface area contributed by atoms with E-state index >= 15 is 0 Å². The van der Waals surface area contributed by atoms with Gasteiger partial charge in [0.05, 0.1) is 5.71 Å². The molecule has 2 aromatic carbocycles. The number of rotatable bonds is 10. The molecule has 0 radical (unpaired) electrons. The molecule has 0 atom stereocenters. The number of hydrazone groups is 1. The quantitative estimate of drug-likeness (QED) is 0.353. The van der Waals surface area contributed by atoms with Crippen molar-refractivity contribution in [3.8, 4) is 5.75 Å². The van der Waals surface area contributed by atoms with Crippen LogP contribution in [0, 0.1) is 0 Å². The lowest BCUT2D eigenvalue weighted by atomic mass is 10.0. The summed E-state index contributed by atoms with van der Waals surface area (Å²) in [6.45, 7) is 6.41. The highest BCUT2D eigenvalue weighted by Crippen LogP contribution is 2.18. The van der Waals surface area contributed by atoms with Crippen molar-refractivity contribution in [1.29, 1.82) is 0 Å². The van der Waals surface area contributed by atoms with Crippen LogP contribution in [0.25, 0.3) is 0 Å². The van der Waals surface area contributed by atoms with E-state index in [1.54, 1.807) is 0 Å². The van der Waals surface area contributed by atoms with Crippen molar-refractivity contribution in [3.05, 3.63) is 65.7 Å². The summed E-state index contributed by atoms with van der Waals surface area (Å²) < 4.78 is 5.56. The standard InChI is InChI=1S/C23H30N2O2/c1-4-5-7-12-22(20-10-8-6-9-11-20)24-25-23(26)17-27-21-15-13-19(14-16-21)18(2)3/h6,8-11,13-16,18H,4-5,7,12,17H2,1-3H3,(H,25,26)/b24-22+. The summed E-state index contributed by atoms with van der Waals surface area (Å²) >= 11 is 0. The number of unbranched alkanes of at least 4 members (excludes halogenated alkanes) is 2. The predicted octanol–water partition coefficient (Wildman–Crippen LogP) is 5.29. The molecule has 0 saturated carbocycles. The molecular weight excluding hydrogens is 336 g/mol. The molecule has 4 heteroatoms. The van der Waals surface area contributed by atoms with E-state index in [4.69, 9.17) is 4.74 Å². The molecule has 1 amide bonds. The van der Waals surface area contributed by atoms with E-state index in [1.807, 2.05) is 54.6 Å². The molecular formula is C23H30N2O2. The second-order valence-corrected chi connectivity index (χ2v) is 6.93. The minimum Gasteiger partial charge on any atom is -0.484 e. The molecule has 0 bridgehead atoms. The fraction of sp³-hybridized carbons (Fsp3) is 0.391. The molecule has 0 fully saturated rings. The van der Waals surface area contributed by atoms with Crippen LogP contribution >= 0.6 is 0 Å². The Bertz CT molecular complexity index is 722. The molecule has 0 spiro atoms. The van der Waals surface area contributed by atoms with Gasteiger partial charge in [0, 0.05) is 0 Å². The first kappa shape index (κ1) is 20.7. The summed E-state index contributed by atoms with van der Waals surface area (Å²) in [6.07, 6.45) is 4.20. The van der Waals surface area contributed by atoms with Gasteiger partial charge >= 0.3 is 0 Å². The predicted molar refractivity (Wildman–Crippen MR) is 111 cm³/mol. The molecule has 2 aromatic rings. The molecule has 0 unspecified atom stereocenters. The molecule has 0 aliphatic carbocycles. The number of benzene rings is 2. The lowest BCUT2D eigenvalue weighted by Gasteiger charge is -2.09. The maximum Gasteiger partial charge on any atom is 0.277 e. The summed E-state index contributed by atoms with van der Waals surface area (Å²) in [6, 6.07) is 17.8. The monoisotopic (exact) mass is 366 g/mol. The Hall–Kier alpha value is -2.62. The largest absolute Gasteiger partial charge is 0.484 e. The van der Waals surface area contributed by atoms with Gasteiger partial charge in [-0.15, -0.1) is 0 Å². The zero-order valence-electron chi connectivity index (χ0n) is 16.6. The second-order valence-electron chi connectivity index (χ2n) is 6.93. The van der Waals surface area contributed by atoms with Crippen molar-refractivity contribution in [3.63, 3.8) is 0 Å². The first-order chi connectivity index (χ1) is 13.1. The van der Waals surface area contributed by atoms with Crippen LogP contribution < -0.4 is 10.2 Å². The molecule has 144 valence electrons. The van der Waals surface area contributed by atoms with Crippen molar-refractivity contribution < 1.29 is 9.53 Å². The smallest absolute Gasteiger partial charge is 0.277 e. The van der Waals surface area contributed by atoms with Crippen LogP contribution in [-0.4, -0.2) is 18.2 Å². The lowest BCUT2D eigenvalue weighted by molar-refractivity contribution is -0.123. The second kappa shape index (κ2) is 11.2. The van der Waals surface area contributed by atoms with Crippen LogP contribution in [0.3, 0.4) is 0 Å². The highest BCUT2D eigenvalue weighted by molar-refractivity contribution is 6.01. The van der Waals surface area contributed by atoms with Crippen molar-refractivity contribution in [1.82, 2.24) is 5.43 Å². The van der Waals surface area contributed by atoms with E-state index in [9.17, 15) is 4.79 Å². The van der Waals surface area contributed by atoms with E-state index in [-0.39, 0.29) is 12.5 Å². The van der Waals surface area contributed by atoms with Crippen molar-refractivity contribution in [2.45, 2.75) is 52.4 Å². The number of carbonyl (C=O) groups excluding carboxylic acids is 1. The highest BCUT2D eigenvalue weighted by Gasteiger charge is 2.07. The van der Waals surface area contributed by atoms with Gasteiger partial charge in [0.25, 0.3) is 5.91 Å². The summed E-state index contributed by atoms with van der Waals surface area (Å²) in [5, 5.41) is 4.35. The van der Waals surface area contributed by atoms with Crippen LogP contribution in [0.4, 0.5) is 0 Å². The number of ether oxygens (including phenoxy) is 1. The highest BCUT2D eigenvalue weighted by atomic mass is 16.5.